The number of anilines is 1. The molecular formula is C22H26ClN3O3. The smallest absolute Gasteiger partial charge is 0.256 e. The highest BCUT2D eigenvalue weighted by Gasteiger charge is 2.31. The van der Waals surface area contributed by atoms with Crippen molar-refractivity contribution in [3.8, 4) is 0 Å². The van der Waals surface area contributed by atoms with Crippen molar-refractivity contribution in [1.82, 2.24) is 9.47 Å². The SMILES string of the molecule is CC1CCCC(C)N1C(=O)c1cc(Cl)ccc1NC(=O)CCn1ccccc1=O. The van der Waals surface area contributed by atoms with Crippen molar-refractivity contribution in [1.29, 1.82) is 0 Å². The number of aromatic nitrogens is 1. The van der Waals surface area contributed by atoms with Crippen LogP contribution < -0.4 is 10.9 Å². The second kappa shape index (κ2) is 9.27. The molecule has 3 rings (SSSR count). The summed E-state index contributed by atoms with van der Waals surface area (Å²) in [6.07, 6.45) is 4.79. The van der Waals surface area contributed by atoms with E-state index in [2.05, 4.69) is 5.32 Å². The van der Waals surface area contributed by atoms with E-state index in [1.165, 1.54) is 10.6 Å². The number of nitrogens with one attached hydrogen (secondary N) is 1. The topological polar surface area (TPSA) is 71.4 Å². The van der Waals surface area contributed by atoms with E-state index in [4.69, 9.17) is 11.6 Å². The Bertz CT molecular complexity index is 946. The lowest BCUT2D eigenvalue weighted by molar-refractivity contribution is -0.116. The highest BCUT2D eigenvalue weighted by atomic mass is 35.5. The monoisotopic (exact) mass is 415 g/mol. The van der Waals surface area contributed by atoms with Gasteiger partial charge in [0.05, 0.1) is 11.3 Å². The lowest BCUT2D eigenvalue weighted by atomic mass is 9.96. The van der Waals surface area contributed by atoms with E-state index in [1.807, 2.05) is 18.7 Å². The highest BCUT2D eigenvalue weighted by Crippen LogP contribution is 2.28. The van der Waals surface area contributed by atoms with Gasteiger partial charge in [-0.25, -0.2) is 0 Å². The summed E-state index contributed by atoms with van der Waals surface area (Å²) in [5, 5.41) is 3.26. The molecule has 1 fully saturated rings. The summed E-state index contributed by atoms with van der Waals surface area (Å²) in [4.78, 5) is 39.4. The summed E-state index contributed by atoms with van der Waals surface area (Å²) in [5.74, 6) is -0.390. The first kappa shape index (κ1) is 21.1. The van der Waals surface area contributed by atoms with Gasteiger partial charge in [0.25, 0.3) is 11.5 Å². The molecule has 7 heteroatoms. The van der Waals surface area contributed by atoms with Crippen molar-refractivity contribution >= 4 is 29.1 Å². The van der Waals surface area contributed by atoms with Crippen LogP contribution in [-0.4, -0.2) is 33.4 Å². The summed E-state index contributed by atoms with van der Waals surface area (Å²) in [6.45, 7) is 4.37. The van der Waals surface area contributed by atoms with Gasteiger partial charge in [-0.2, -0.15) is 0 Å². The van der Waals surface area contributed by atoms with Gasteiger partial charge in [-0.1, -0.05) is 17.7 Å². The number of pyridine rings is 1. The van der Waals surface area contributed by atoms with Crippen molar-refractivity contribution in [2.24, 2.45) is 0 Å². The van der Waals surface area contributed by atoms with Gasteiger partial charge in [0, 0.05) is 42.3 Å². The third-order valence-corrected chi connectivity index (χ3v) is 5.63. The number of hydrogen-bond donors (Lipinski definition) is 1. The van der Waals surface area contributed by atoms with E-state index in [1.54, 1.807) is 36.5 Å². The standard InChI is InChI=1S/C22H26ClN3O3/c1-15-6-5-7-16(2)26(15)22(29)18-14-17(23)9-10-19(18)24-20(27)11-13-25-12-4-3-8-21(25)28/h3-4,8-10,12,14-16H,5-7,11,13H2,1-2H3,(H,24,27). The number of halogens is 1. The fourth-order valence-corrected chi connectivity index (χ4v) is 4.02. The normalized spacial score (nSPS) is 19.1. The van der Waals surface area contributed by atoms with Crippen molar-refractivity contribution in [2.75, 3.05) is 5.32 Å². The van der Waals surface area contributed by atoms with Gasteiger partial charge in [0.1, 0.15) is 0 Å². The van der Waals surface area contributed by atoms with Crippen molar-refractivity contribution < 1.29 is 9.59 Å². The van der Waals surface area contributed by atoms with Gasteiger partial charge in [-0.05, 0) is 57.4 Å². The van der Waals surface area contributed by atoms with Crippen molar-refractivity contribution in [2.45, 2.75) is 58.2 Å². The van der Waals surface area contributed by atoms with Crippen LogP contribution in [0, 0.1) is 0 Å². The number of carbonyl (C=O) groups excluding carboxylic acids is 2. The van der Waals surface area contributed by atoms with Crippen LogP contribution in [0.5, 0.6) is 0 Å². The summed E-state index contributed by atoms with van der Waals surface area (Å²) in [6, 6.07) is 10.0. The minimum atomic E-state index is -0.267. The average Bonchev–Trinajstić information content (AvgIpc) is 2.68. The molecule has 29 heavy (non-hydrogen) atoms. The Morgan fingerprint density at radius 3 is 2.55 bits per heavy atom. The van der Waals surface area contributed by atoms with Gasteiger partial charge in [0.15, 0.2) is 0 Å². The zero-order valence-corrected chi connectivity index (χ0v) is 17.5. The van der Waals surface area contributed by atoms with Crippen molar-refractivity contribution in [3.05, 3.63) is 63.5 Å². The molecule has 0 aliphatic carbocycles. The zero-order valence-electron chi connectivity index (χ0n) is 16.7. The van der Waals surface area contributed by atoms with E-state index >= 15 is 0 Å². The number of likely N-dealkylation sites (tertiary alicyclic amines) is 1. The molecule has 6 nitrogen and oxygen atoms in total. The third kappa shape index (κ3) is 5.07. The molecule has 1 aliphatic heterocycles. The number of hydrogen-bond acceptors (Lipinski definition) is 3. The molecule has 2 heterocycles. The lowest BCUT2D eigenvalue weighted by Gasteiger charge is -2.39. The first-order valence-electron chi connectivity index (χ1n) is 9.94. The van der Waals surface area contributed by atoms with E-state index in [9.17, 15) is 14.4 Å². The Labute approximate surface area is 175 Å². The van der Waals surface area contributed by atoms with Gasteiger partial charge < -0.3 is 14.8 Å². The fourth-order valence-electron chi connectivity index (χ4n) is 3.84. The zero-order chi connectivity index (χ0) is 21.0. The lowest BCUT2D eigenvalue weighted by Crippen LogP contribution is -2.47. The molecule has 1 aromatic carbocycles. The Kier molecular flexibility index (Phi) is 6.75. The number of piperidine rings is 1. The van der Waals surface area contributed by atoms with E-state index in [0.29, 0.717) is 16.3 Å². The molecule has 0 saturated carbocycles. The highest BCUT2D eigenvalue weighted by molar-refractivity contribution is 6.31. The molecule has 2 aromatic rings. The first-order valence-corrected chi connectivity index (χ1v) is 10.3. The van der Waals surface area contributed by atoms with E-state index in [0.717, 1.165) is 19.3 Å². The van der Waals surface area contributed by atoms with Gasteiger partial charge in [0.2, 0.25) is 5.91 Å². The van der Waals surface area contributed by atoms with Crippen LogP contribution >= 0.6 is 11.6 Å². The molecule has 1 aromatic heterocycles. The molecular weight excluding hydrogens is 390 g/mol. The second-order valence-electron chi connectivity index (χ2n) is 7.56. The Morgan fingerprint density at radius 2 is 1.86 bits per heavy atom. The summed E-state index contributed by atoms with van der Waals surface area (Å²) >= 11 is 6.15. The van der Waals surface area contributed by atoms with Crippen LogP contribution in [0.15, 0.2) is 47.4 Å². The first-order chi connectivity index (χ1) is 13.9. The number of rotatable bonds is 5. The molecule has 154 valence electrons. The molecule has 0 spiro atoms. The maximum absolute atomic E-state index is 13.3. The van der Waals surface area contributed by atoms with Crippen molar-refractivity contribution in [3.63, 3.8) is 0 Å². The molecule has 1 saturated heterocycles. The Morgan fingerprint density at radius 1 is 1.14 bits per heavy atom. The second-order valence-corrected chi connectivity index (χ2v) is 8.00. The van der Waals surface area contributed by atoms with Gasteiger partial charge in [-0.15, -0.1) is 0 Å². The van der Waals surface area contributed by atoms with Crippen LogP contribution in [0.4, 0.5) is 5.69 Å². The predicted octanol–water partition coefficient (Wildman–Crippen LogP) is 3.93. The summed E-state index contributed by atoms with van der Waals surface area (Å²) in [5.41, 5.74) is 0.675. The number of aryl methyl sites for hydroxylation is 1. The quantitative estimate of drug-likeness (QED) is 0.804. The molecule has 2 atom stereocenters. The van der Waals surface area contributed by atoms with Crippen LogP contribution in [0.1, 0.15) is 49.9 Å². The number of benzene rings is 1. The van der Waals surface area contributed by atoms with E-state index in [-0.39, 0.29) is 42.4 Å². The average molecular weight is 416 g/mol. The van der Waals surface area contributed by atoms with Crippen LogP contribution in [0.3, 0.4) is 0 Å². The number of amides is 2. The summed E-state index contributed by atoms with van der Waals surface area (Å²) < 4.78 is 1.48. The molecule has 1 N–H and O–H groups in total. The molecule has 2 unspecified atom stereocenters. The van der Waals surface area contributed by atoms with Crippen LogP contribution in [0.25, 0.3) is 0 Å². The maximum atomic E-state index is 13.3. The minimum absolute atomic E-state index is 0.122. The molecule has 0 bridgehead atoms. The number of nitrogens with zero attached hydrogens (tertiary/aromatic N) is 2. The Balaban J connectivity index is 1.76. The predicted molar refractivity (Wildman–Crippen MR) is 114 cm³/mol. The van der Waals surface area contributed by atoms with E-state index < -0.39 is 0 Å². The molecule has 1 aliphatic rings. The summed E-state index contributed by atoms with van der Waals surface area (Å²) in [7, 11) is 0. The van der Waals surface area contributed by atoms with Crippen LogP contribution in [0.2, 0.25) is 5.02 Å². The van der Waals surface area contributed by atoms with Gasteiger partial charge >= 0.3 is 0 Å². The number of carbonyl (C=O) groups is 2. The molecule has 2 amide bonds. The van der Waals surface area contributed by atoms with Crippen LogP contribution in [-0.2, 0) is 11.3 Å². The fraction of sp³-hybridized carbons (Fsp3) is 0.409. The third-order valence-electron chi connectivity index (χ3n) is 5.39. The van der Waals surface area contributed by atoms with Gasteiger partial charge in [-0.3, -0.25) is 14.4 Å². The molecule has 0 radical (unpaired) electrons. The maximum Gasteiger partial charge on any atom is 0.256 e. The minimum Gasteiger partial charge on any atom is -0.333 e. The Hall–Kier alpha value is -2.60. The largest absolute Gasteiger partial charge is 0.333 e.